The topological polar surface area (TPSA) is 66.0 Å². The quantitative estimate of drug-likeness (QED) is 0.785. The van der Waals surface area contributed by atoms with Gasteiger partial charge in [0.2, 0.25) is 5.91 Å². The third-order valence-corrected chi connectivity index (χ3v) is 3.74. The van der Waals surface area contributed by atoms with Crippen molar-refractivity contribution >= 4 is 5.91 Å². The summed E-state index contributed by atoms with van der Waals surface area (Å²) < 4.78 is 0. The Balaban J connectivity index is 1.56. The molecule has 0 spiro atoms. The predicted molar refractivity (Wildman–Crippen MR) is 86.2 cm³/mol. The van der Waals surface area contributed by atoms with Crippen LogP contribution in [0.15, 0.2) is 48.7 Å². The molecule has 1 fully saturated rings. The lowest BCUT2D eigenvalue weighted by atomic mass is 10.1. The van der Waals surface area contributed by atoms with Crippen LogP contribution in [0, 0.1) is 0 Å². The van der Waals surface area contributed by atoms with Gasteiger partial charge in [0.15, 0.2) is 0 Å². The van der Waals surface area contributed by atoms with E-state index in [-0.39, 0.29) is 11.9 Å². The molecule has 1 unspecified atom stereocenters. The highest BCUT2D eigenvalue weighted by atomic mass is 16.2. The van der Waals surface area contributed by atoms with Gasteiger partial charge in [0.05, 0.1) is 11.7 Å². The van der Waals surface area contributed by atoms with Crippen molar-refractivity contribution in [3.05, 3.63) is 54.2 Å². The monoisotopic (exact) mass is 296 g/mol. The predicted octanol–water partition coefficient (Wildman–Crippen LogP) is 0.926. The maximum atomic E-state index is 12.0. The van der Waals surface area contributed by atoms with Crippen molar-refractivity contribution in [2.24, 2.45) is 0 Å². The fourth-order valence-corrected chi connectivity index (χ4v) is 2.48. The first kappa shape index (κ1) is 14.7. The van der Waals surface area contributed by atoms with E-state index >= 15 is 0 Å². The highest BCUT2D eigenvalue weighted by molar-refractivity contribution is 5.82. The molecule has 1 amide bonds. The van der Waals surface area contributed by atoms with E-state index in [0.717, 1.165) is 29.9 Å². The van der Waals surface area contributed by atoms with E-state index in [9.17, 15) is 4.79 Å². The Labute approximate surface area is 130 Å². The Kier molecular flexibility index (Phi) is 4.78. The number of amides is 1. The lowest BCUT2D eigenvalue weighted by Crippen LogP contribution is -2.55. The fraction of sp³-hybridized carbons (Fsp3) is 0.294. The van der Waals surface area contributed by atoms with E-state index in [1.807, 2.05) is 42.5 Å². The van der Waals surface area contributed by atoms with Crippen molar-refractivity contribution in [2.45, 2.75) is 12.6 Å². The van der Waals surface area contributed by atoms with Gasteiger partial charge in [-0.15, -0.1) is 0 Å². The van der Waals surface area contributed by atoms with Crippen LogP contribution in [0.4, 0.5) is 0 Å². The smallest absolute Gasteiger partial charge is 0.238 e. The van der Waals surface area contributed by atoms with E-state index in [1.54, 1.807) is 6.20 Å². The summed E-state index contributed by atoms with van der Waals surface area (Å²) in [5.74, 6) is 0.0426. The maximum absolute atomic E-state index is 12.0. The highest BCUT2D eigenvalue weighted by Gasteiger charge is 2.19. The second-order valence-corrected chi connectivity index (χ2v) is 5.34. The minimum atomic E-state index is -0.137. The van der Waals surface area contributed by atoms with Gasteiger partial charge >= 0.3 is 0 Å². The summed E-state index contributed by atoms with van der Waals surface area (Å²) in [6.45, 7) is 2.97. The molecule has 22 heavy (non-hydrogen) atoms. The number of nitrogens with one attached hydrogen (secondary N) is 3. The molecule has 1 saturated heterocycles. The van der Waals surface area contributed by atoms with Gasteiger partial charge in [0.25, 0.3) is 0 Å². The second kappa shape index (κ2) is 7.15. The molecule has 1 aliphatic rings. The molecule has 1 aromatic carbocycles. The fourth-order valence-electron chi connectivity index (χ4n) is 2.48. The van der Waals surface area contributed by atoms with Gasteiger partial charge in [-0.3, -0.25) is 9.78 Å². The molecular formula is C17H20N4O. The van der Waals surface area contributed by atoms with E-state index in [2.05, 4.69) is 20.9 Å². The van der Waals surface area contributed by atoms with Crippen LogP contribution in [0.5, 0.6) is 0 Å². The minimum Gasteiger partial charge on any atom is -0.351 e. The Morgan fingerprint density at radius 3 is 2.73 bits per heavy atom. The molecule has 3 N–H and O–H groups in total. The molecule has 2 heterocycles. The summed E-state index contributed by atoms with van der Waals surface area (Å²) >= 11 is 0. The zero-order chi connectivity index (χ0) is 15.2. The Bertz CT molecular complexity index is 606. The van der Waals surface area contributed by atoms with Crippen molar-refractivity contribution in [1.82, 2.24) is 20.9 Å². The number of hydrogen-bond donors (Lipinski definition) is 3. The number of carbonyl (C=O) groups is 1. The lowest BCUT2D eigenvalue weighted by molar-refractivity contribution is -0.123. The molecule has 0 aliphatic carbocycles. The van der Waals surface area contributed by atoms with Crippen LogP contribution in [-0.2, 0) is 11.3 Å². The third kappa shape index (κ3) is 3.69. The van der Waals surface area contributed by atoms with Gasteiger partial charge < -0.3 is 16.0 Å². The molecule has 0 saturated carbocycles. The van der Waals surface area contributed by atoms with Crippen LogP contribution < -0.4 is 16.0 Å². The van der Waals surface area contributed by atoms with E-state index in [1.165, 1.54) is 0 Å². The molecular weight excluding hydrogens is 276 g/mol. The van der Waals surface area contributed by atoms with E-state index in [0.29, 0.717) is 13.1 Å². The number of aromatic nitrogens is 1. The van der Waals surface area contributed by atoms with Crippen LogP contribution in [0.2, 0.25) is 0 Å². The maximum Gasteiger partial charge on any atom is 0.238 e. The number of pyridine rings is 1. The number of carbonyl (C=O) groups excluding carboxylic acids is 1. The molecule has 114 valence electrons. The lowest BCUT2D eigenvalue weighted by Gasteiger charge is -2.23. The number of rotatable bonds is 4. The van der Waals surface area contributed by atoms with Crippen LogP contribution in [-0.4, -0.2) is 36.6 Å². The molecule has 1 atom stereocenters. The third-order valence-electron chi connectivity index (χ3n) is 3.74. The molecule has 1 aromatic heterocycles. The summed E-state index contributed by atoms with van der Waals surface area (Å²) in [4.78, 5) is 16.4. The van der Waals surface area contributed by atoms with E-state index < -0.39 is 0 Å². The van der Waals surface area contributed by atoms with Crippen LogP contribution in [0.3, 0.4) is 0 Å². The molecule has 0 radical (unpaired) electrons. The van der Waals surface area contributed by atoms with Gasteiger partial charge in [-0.25, -0.2) is 0 Å². The van der Waals surface area contributed by atoms with Crippen molar-refractivity contribution in [2.75, 3.05) is 19.6 Å². The Hall–Kier alpha value is -2.24. The number of benzene rings is 1. The van der Waals surface area contributed by atoms with Crippen molar-refractivity contribution in [1.29, 1.82) is 0 Å². The summed E-state index contributed by atoms with van der Waals surface area (Å²) in [6.07, 6.45) is 1.79. The van der Waals surface area contributed by atoms with E-state index in [4.69, 9.17) is 0 Å². The molecule has 1 aliphatic heterocycles. The Morgan fingerprint density at radius 1 is 1.18 bits per heavy atom. The van der Waals surface area contributed by atoms with Gasteiger partial charge in [-0.05, 0) is 17.7 Å². The first-order valence-electron chi connectivity index (χ1n) is 7.55. The van der Waals surface area contributed by atoms with Crippen LogP contribution in [0.25, 0.3) is 11.3 Å². The normalized spacial score (nSPS) is 17.9. The first-order chi connectivity index (χ1) is 10.8. The van der Waals surface area contributed by atoms with Gasteiger partial charge in [0.1, 0.15) is 0 Å². The molecule has 5 nitrogen and oxygen atoms in total. The van der Waals surface area contributed by atoms with Gasteiger partial charge in [-0.2, -0.15) is 0 Å². The van der Waals surface area contributed by atoms with Crippen molar-refractivity contribution in [3.63, 3.8) is 0 Å². The van der Waals surface area contributed by atoms with Crippen LogP contribution >= 0.6 is 0 Å². The zero-order valence-corrected chi connectivity index (χ0v) is 12.4. The average molecular weight is 296 g/mol. The van der Waals surface area contributed by atoms with Gasteiger partial charge in [-0.1, -0.05) is 30.3 Å². The summed E-state index contributed by atoms with van der Waals surface area (Å²) in [5, 5.41) is 9.38. The molecule has 3 rings (SSSR count). The molecule has 0 bridgehead atoms. The van der Waals surface area contributed by atoms with Crippen LogP contribution in [0.1, 0.15) is 5.56 Å². The van der Waals surface area contributed by atoms with Gasteiger partial charge in [0, 0.05) is 37.9 Å². The van der Waals surface area contributed by atoms with Crippen molar-refractivity contribution < 1.29 is 4.79 Å². The summed E-state index contributed by atoms with van der Waals surface area (Å²) in [7, 11) is 0. The van der Waals surface area contributed by atoms with Crippen molar-refractivity contribution in [3.8, 4) is 11.3 Å². The Morgan fingerprint density at radius 2 is 2.05 bits per heavy atom. The second-order valence-electron chi connectivity index (χ2n) is 5.34. The SMILES string of the molecule is O=C(NCc1ccc(-c2ccccn2)cc1)C1CNCCN1. The average Bonchev–Trinajstić information content (AvgIpc) is 2.61. The molecule has 2 aromatic rings. The minimum absolute atomic E-state index is 0.0426. The summed E-state index contributed by atoms with van der Waals surface area (Å²) in [6, 6.07) is 13.8. The molecule has 5 heteroatoms. The number of hydrogen-bond acceptors (Lipinski definition) is 4. The largest absolute Gasteiger partial charge is 0.351 e. The highest BCUT2D eigenvalue weighted by Crippen LogP contribution is 2.16. The zero-order valence-electron chi connectivity index (χ0n) is 12.4. The first-order valence-corrected chi connectivity index (χ1v) is 7.55. The summed E-state index contributed by atoms with van der Waals surface area (Å²) in [5.41, 5.74) is 3.11. The number of nitrogens with zero attached hydrogens (tertiary/aromatic N) is 1. The standard InChI is InChI=1S/C17H20N4O/c22-17(16-12-18-9-10-20-16)21-11-13-4-6-14(7-5-13)15-3-1-2-8-19-15/h1-8,16,18,20H,9-12H2,(H,21,22). The number of piperazine rings is 1.